The number of halogens is 3. The van der Waals surface area contributed by atoms with Gasteiger partial charge in [0.05, 0.1) is 29.2 Å². The number of alkyl halides is 3. The van der Waals surface area contributed by atoms with Crippen molar-refractivity contribution in [3.8, 4) is 5.75 Å². The maximum Gasteiger partial charge on any atom is 0.416 e. The van der Waals surface area contributed by atoms with Gasteiger partial charge >= 0.3 is 6.18 Å². The van der Waals surface area contributed by atoms with E-state index in [1.165, 1.54) is 28.4 Å². The predicted molar refractivity (Wildman–Crippen MR) is 116 cm³/mol. The summed E-state index contributed by atoms with van der Waals surface area (Å²) >= 11 is 1.33. The van der Waals surface area contributed by atoms with E-state index in [0.717, 1.165) is 16.8 Å². The molecule has 4 rings (SSSR count). The number of carbonyl (C=O) groups excluding carboxylic acids is 1. The van der Waals surface area contributed by atoms with E-state index in [9.17, 15) is 18.0 Å². The molecule has 0 aliphatic rings. The molecule has 166 valence electrons. The van der Waals surface area contributed by atoms with Crippen LogP contribution in [0.5, 0.6) is 5.75 Å². The third-order valence-electron chi connectivity index (χ3n) is 4.88. The maximum absolute atomic E-state index is 13.3. The van der Waals surface area contributed by atoms with Crippen molar-refractivity contribution in [1.29, 1.82) is 0 Å². The number of hydrogen-bond acceptors (Lipinski definition) is 5. The Hall–Kier alpha value is -3.40. The van der Waals surface area contributed by atoms with Crippen LogP contribution in [0.3, 0.4) is 0 Å². The highest BCUT2D eigenvalue weighted by molar-refractivity contribution is 7.22. The quantitative estimate of drug-likeness (QED) is 0.378. The number of nitrogens with zero attached hydrogens (tertiary/aromatic N) is 4. The van der Waals surface area contributed by atoms with Gasteiger partial charge in [-0.25, -0.2) is 9.97 Å². The largest absolute Gasteiger partial charge is 0.497 e. The van der Waals surface area contributed by atoms with Crippen molar-refractivity contribution >= 4 is 32.6 Å². The second kappa shape index (κ2) is 8.99. The van der Waals surface area contributed by atoms with Crippen molar-refractivity contribution in [2.24, 2.45) is 0 Å². The first kappa shape index (κ1) is 21.8. The van der Waals surface area contributed by atoms with Crippen molar-refractivity contribution < 1.29 is 22.7 Å². The first-order valence-electron chi connectivity index (χ1n) is 9.74. The summed E-state index contributed by atoms with van der Waals surface area (Å²) in [5.74, 6) is 0.267. The molecular formula is C22H19F3N4O2S. The van der Waals surface area contributed by atoms with Crippen LogP contribution in [0.4, 0.5) is 18.3 Å². The zero-order valence-electron chi connectivity index (χ0n) is 17.0. The molecule has 1 amide bonds. The molecule has 4 aromatic rings. The second-order valence-electron chi connectivity index (χ2n) is 7.02. The standard InChI is InChI=1S/C22H19F3N4O2S/c1-31-17-7-8-18-19(13-17)32-21(27-18)29(11-2-10-28-12-9-26-14-28)20(30)15-3-5-16(6-4-15)22(23,24)25/h3-9,12-14H,2,10-11H2,1H3. The number of rotatable bonds is 7. The van der Waals surface area contributed by atoms with Gasteiger partial charge in [-0.05, 0) is 48.9 Å². The van der Waals surface area contributed by atoms with Gasteiger partial charge in [-0.1, -0.05) is 11.3 Å². The molecule has 2 aromatic heterocycles. The summed E-state index contributed by atoms with van der Waals surface area (Å²) in [6.45, 7) is 0.977. The van der Waals surface area contributed by atoms with E-state index in [2.05, 4.69) is 9.97 Å². The topological polar surface area (TPSA) is 60.2 Å². The molecule has 0 spiro atoms. The first-order valence-corrected chi connectivity index (χ1v) is 10.6. The normalized spacial score (nSPS) is 11.6. The minimum absolute atomic E-state index is 0.164. The lowest BCUT2D eigenvalue weighted by Gasteiger charge is -2.20. The molecule has 0 N–H and O–H groups in total. The smallest absolute Gasteiger partial charge is 0.416 e. The van der Waals surface area contributed by atoms with Gasteiger partial charge in [0.25, 0.3) is 5.91 Å². The van der Waals surface area contributed by atoms with Crippen LogP contribution < -0.4 is 9.64 Å². The molecule has 0 saturated heterocycles. The number of methoxy groups -OCH3 is 1. The van der Waals surface area contributed by atoms with Crippen LogP contribution in [0.15, 0.2) is 61.2 Å². The number of ether oxygens (including phenoxy) is 1. The average Bonchev–Trinajstić information content (AvgIpc) is 3.45. The Morgan fingerprint density at radius 1 is 1.19 bits per heavy atom. The Kier molecular flexibility index (Phi) is 6.13. The number of benzene rings is 2. The van der Waals surface area contributed by atoms with Crippen LogP contribution in [0.2, 0.25) is 0 Å². The van der Waals surface area contributed by atoms with Gasteiger partial charge in [-0.3, -0.25) is 9.69 Å². The van der Waals surface area contributed by atoms with Crippen molar-refractivity contribution in [2.75, 3.05) is 18.6 Å². The number of imidazole rings is 1. The third kappa shape index (κ3) is 4.75. The van der Waals surface area contributed by atoms with Gasteiger partial charge in [0.1, 0.15) is 5.75 Å². The van der Waals surface area contributed by atoms with E-state index in [4.69, 9.17) is 4.74 Å². The average molecular weight is 460 g/mol. The van der Waals surface area contributed by atoms with Crippen LogP contribution in [-0.4, -0.2) is 34.1 Å². The molecule has 10 heteroatoms. The van der Waals surface area contributed by atoms with Gasteiger partial charge in [0, 0.05) is 31.0 Å². The summed E-state index contributed by atoms with van der Waals surface area (Å²) in [7, 11) is 1.57. The number of amides is 1. The van der Waals surface area contributed by atoms with E-state index in [1.54, 1.807) is 31.8 Å². The monoisotopic (exact) mass is 460 g/mol. The Balaban J connectivity index is 1.62. The minimum atomic E-state index is -4.46. The van der Waals surface area contributed by atoms with Gasteiger partial charge in [0.2, 0.25) is 0 Å². The molecule has 0 unspecified atom stereocenters. The lowest BCUT2D eigenvalue weighted by atomic mass is 10.1. The molecule has 2 aromatic carbocycles. The van der Waals surface area contributed by atoms with Crippen LogP contribution in [0.1, 0.15) is 22.3 Å². The molecule has 6 nitrogen and oxygen atoms in total. The molecule has 0 atom stereocenters. The summed E-state index contributed by atoms with van der Waals surface area (Å²) in [4.78, 5) is 23.4. The van der Waals surface area contributed by atoms with Crippen LogP contribution >= 0.6 is 11.3 Å². The van der Waals surface area contributed by atoms with Crippen molar-refractivity contribution in [2.45, 2.75) is 19.1 Å². The van der Waals surface area contributed by atoms with Crippen LogP contribution in [0, 0.1) is 0 Å². The van der Waals surface area contributed by atoms with E-state index in [-0.39, 0.29) is 5.56 Å². The highest BCUT2D eigenvalue weighted by atomic mass is 32.1. The van der Waals surface area contributed by atoms with E-state index >= 15 is 0 Å². The number of anilines is 1. The van der Waals surface area contributed by atoms with Gasteiger partial charge in [0.15, 0.2) is 5.13 Å². The summed E-state index contributed by atoms with van der Waals surface area (Å²) in [6, 6.07) is 9.66. The van der Waals surface area contributed by atoms with E-state index in [0.29, 0.717) is 35.9 Å². The molecule has 0 aliphatic heterocycles. The summed E-state index contributed by atoms with van der Waals surface area (Å²) in [5.41, 5.74) is 0.0795. The highest BCUT2D eigenvalue weighted by Crippen LogP contribution is 2.33. The Bertz CT molecular complexity index is 1200. The first-order chi connectivity index (χ1) is 15.3. The Labute approximate surface area is 185 Å². The minimum Gasteiger partial charge on any atom is -0.497 e. The molecule has 0 radical (unpaired) electrons. The second-order valence-corrected chi connectivity index (χ2v) is 8.03. The molecule has 0 aliphatic carbocycles. The summed E-state index contributed by atoms with van der Waals surface area (Å²) < 4.78 is 46.7. The fourth-order valence-electron chi connectivity index (χ4n) is 3.21. The number of hydrogen-bond donors (Lipinski definition) is 0. The molecule has 2 heterocycles. The number of fused-ring (bicyclic) bond motifs is 1. The number of carbonyl (C=O) groups is 1. The SMILES string of the molecule is COc1ccc2nc(N(CCCn3ccnc3)C(=O)c3ccc(C(F)(F)F)cc3)sc2c1. The van der Waals surface area contributed by atoms with E-state index in [1.807, 2.05) is 16.8 Å². The van der Waals surface area contributed by atoms with Crippen molar-refractivity contribution in [3.05, 3.63) is 72.3 Å². The molecular weight excluding hydrogens is 441 g/mol. The number of thiazole rings is 1. The highest BCUT2D eigenvalue weighted by Gasteiger charge is 2.30. The molecule has 0 fully saturated rings. The van der Waals surface area contributed by atoms with Crippen LogP contribution in [-0.2, 0) is 12.7 Å². The van der Waals surface area contributed by atoms with Gasteiger partial charge in [-0.2, -0.15) is 13.2 Å². The zero-order chi connectivity index (χ0) is 22.7. The third-order valence-corrected chi connectivity index (χ3v) is 5.92. The number of aromatic nitrogens is 3. The van der Waals surface area contributed by atoms with Crippen molar-refractivity contribution in [3.63, 3.8) is 0 Å². The molecule has 32 heavy (non-hydrogen) atoms. The maximum atomic E-state index is 13.3. The molecule has 0 bridgehead atoms. The Morgan fingerprint density at radius 3 is 2.62 bits per heavy atom. The van der Waals surface area contributed by atoms with Crippen molar-refractivity contribution in [1.82, 2.24) is 14.5 Å². The summed E-state index contributed by atoms with van der Waals surface area (Å²) in [6.07, 6.45) is 1.34. The summed E-state index contributed by atoms with van der Waals surface area (Å²) in [5, 5.41) is 0.476. The fraction of sp³-hybridized carbons (Fsp3) is 0.227. The zero-order valence-corrected chi connectivity index (χ0v) is 17.9. The predicted octanol–water partition coefficient (Wildman–Crippen LogP) is 5.26. The molecule has 0 saturated carbocycles. The van der Waals surface area contributed by atoms with E-state index < -0.39 is 17.6 Å². The Morgan fingerprint density at radius 2 is 1.97 bits per heavy atom. The van der Waals surface area contributed by atoms with Crippen LogP contribution in [0.25, 0.3) is 10.2 Å². The number of aryl methyl sites for hydroxylation is 1. The lowest BCUT2D eigenvalue weighted by molar-refractivity contribution is -0.137. The van der Waals surface area contributed by atoms with Gasteiger partial charge < -0.3 is 9.30 Å². The van der Waals surface area contributed by atoms with Gasteiger partial charge in [-0.15, -0.1) is 0 Å². The lowest BCUT2D eigenvalue weighted by Crippen LogP contribution is -2.32. The fourth-order valence-corrected chi connectivity index (χ4v) is 4.23.